The number of fused-ring (bicyclic) bond motifs is 2. The number of hydrogen-bond donors (Lipinski definition) is 3. The number of nitrogens with one attached hydrogen (secondary N) is 3. The molecule has 8 heteroatoms. The van der Waals surface area contributed by atoms with Crippen molar-refractivity contribution < 1.29 is 0 Å². The quantitative estimate of drug-likeness (QED) is 0.331. The van der Waals surface area contributed by atoms with Gasteiger partial charge in [-0.1, -0.05) is 0 Å². The molecule has 5 aromatic heterocycles. The lowest BCUT2D eigenvalue weighted by molar-refractivity contribution is 0.575. The Labute approximate surface area is 197 Å². The van der Waals surface area contributed by atoms with Crippen LogP contribution < -0.4 is 10.2 Å². The van der Waals surface area contributed by atoms with E-state index >= 15 is 0 Å². The van der Waals surface area contributed by atoms with Crippen molar-refractivity contribution in [1.82, 2.24) is 30.1 Å². The molecule has 0 bridgehead atoms. The molecule has 0 radical (unpaired) electrons. The zero-order valence-corrected chi connectivity index (χ0v) is 19.5. The predicted molar refractivity (Wildman–Crippen MR) is 137 cm³/mol. The van der Waals surface area contributed by atoms with Gasteiger partial charge in [0.2, 0.25) is 0 Å². The average molecular weight is 453 g/mol. The minimum atomic E-state index is 0.337. The standard InChI is InChI=1S/C26H28N8/c1-16(2)30-19-10-17(13-27-15-19)18-11-21-24(32-33-25(21)29-14-18)23-12-20-22(31-23)6-7-28-26(20)34-8-4-3-5-9-34/h6-7,10-16,30-31H,3-5,8-9H2,1-2H3,(H,29,32,33). The van der Waals surface area contributed by atoms with Gasteiger partial charge in [-0.05, 0) is 57.4 Å². The van der Waals surface area contributed by atoms with Crippen molar-refractivity contribution in [1.29, 1.82) is 0 Å². The largest absolute Gasteiger partial charge is 0.382 e. The molecule has 6 rings (SSSR count). The third kappa shape index (κ3) is 3.75. The van der Waals surface area contributed by atoms with Crippen LogP contribution in [-0.2, 0) is 0 Å². The monoisotopic (exact) mass is 452 g/mol. The molecule has 0 atom stereocenters. The zero-order chi connectivity index (χ0) is 23.1. The molecule has 0 amide bonds. The summed E-state index contributed by atoms with van der Waals surface area (Å²) in [7, 11) is 0. The molecule has 1 saturated heterocycles. The molecule has 8 nitrogen and oxygen atoms in total. The number of hydrogen-bond acceptors (Lipinski definition) is 6. The molecule has 6 heterocycles. The van der Waals surface area contributed by atoms with E-state index in [9.17, 15) is 0 Å². The Morgan fingerprint density at radius 3 is 2.65 bits per heavy atom. The van der Waals surface area contributed by atoms with Crippen LogP contribution in [0.2, 0.25) is 0 Å². The molecule has 3 N–H and O–H groups in total. The number of pyridine rings is 3. The second-order valence-electron chi connectivity index (χ2n) is 9.28. The maximum absolute atomic E-state index is 4.72. The van der Waals surface area contributed by atoms with Gasteiger partial charge in [-0.15, -0.1) is 0 Å². The Kier molecular flexibility index (Phi) is 5.13. The second-order valence-corrected chi connectivity index (χ2v) is 9.28. The minimum Gasteiger partial charge on any atom is -0.382 e. The van der Waals surface area contributed by atoms with Crippen molar-refractivity contribution in [2.24, 2.45) is 0 Å². The number of piperidine rings is 1. The van der Waals surface area contributed by atoms with Gasteiger partial charge in [0.1, 0.15) is 11.5 Å². The fraction of sp³-hybridized carbons (Fsp3) is 0.308. The Balaban J connectivity index is 1.41. The van der Waals surface area contributed by atoms with Crippen LogP contribution in [0.4, 0.5) is 11.5 Å². The number of aromatic amines is 2. The Hall–Kier alpha value is -3.94. The molecular weight excluding hydrogens is 424 g/mol. The summed E-state index contributed by atoms with van der Waals surface area (Å²) in [5.41, 5.74) is 6.66. The van der Waals surface area contributed by atoms with Crippen molar-refractivity contribution in [3.8, 4) is 22.5 Å². The average Bonchev–Trinajstić information content (AvgIpc) is 3.48. The molecule has 172 valence electrons. The number of nitrogens with zero attached hydrogens (tertiary/aromatic N) is 5. The van der Waals surface area contributed by atoms with E-state index in [1.807, 2.05) is 30.9 Å². The van der Waals surface area contributed by atoms with E-state index < -0.39 is 0 Å². The van der Waals surface area contributed by atoms with Crippen molar-refractivity contribution in [2.75, 3.05) is 23.3 Å². The molecule has 0 spiro atoms. The first-order chi connectivity index (χ1) is 16.7. The molecule has 1 aliphatic heterocycles. The number of rotatable bonds is 5. The van der Waals surface area contributed by atoms with Gasteiger partial charge in [-0.25, -0.2) is 9.97 Å². The van der Waals surface area contributed by atoms with Gasteiger partial charge in [0.05, 0.1) is 16.9 Å². The molecular formula is C26H28N8. The first kappa shape index (κ1) is 20.7. The van der Waals surface area contributed by atoms with Crippen molar-refractivity contribution in [2.45, 2.75) is 39.2 Å². The van der Waals surface area contributed by atoms with Crippen molar-refractivity contribution in [3.05, 3.63) is 49.1 Å². The number of H-pyrrole nitrogens is 2. The highest BCUT2D eigenvalue weighted by atomic mass is 15.2. The van der Waals surface area contributed by atoms with Crippen LogP contribution in [0.1, 0.15) is 33.1 Å². The van der Waals surface area contributed by atoms with Crippen LogP contribution in [0.25, 0.3) is 44.5 Å². The lowest BCUT2D eigenvalue weighted by Gasteiger charge is -2.28. The Bertz CT molecular complexity index is 1460. The molecule has 0 aliphatic carbocycles. The maximum atomic E-state index is 4.72. The van der Waals surface area contributed by atoms with Gasteiger partial charge in [0, 0.05) is 65.8 Å². The fourth-order valence-corrected chi connectivity index (χ4v) is 4.80. The summed E-state index contributed by atoms with van der Waals surface area (Å²) in [4.78, 5) is 19.7. The molecule has 0 unspecified atom stereocenters. The lowest BCUT2D eigenvalue weighted by Crippen LogP contribution is -2.30. The van der Waals surface area contributed by atoms with Gasteiger partial charge in [0.15, 0.2) is 5.65 Å². The first-order valence-electron chi connectivity index (χ1n) is 11.9. The van der Waals surface area contributed by atoms with E-state index in [0.29, 0.717) is 6.04 Å². The SMILES string of the molecule is CC(C)Nc1cncc(-c2cnc3[nH]nc(-c4cc5c(N6CCCCC6)nccc5[nH]4)c3c2)c1. The lowest BCUT2D eigenvalue weighted by atomic mass is 10.1. The molecule has 0 saturated carbocycles. The highest BCUT2D eigenvalue weighted by molar-refractivity contribution is 5.99. The summed E-state index contributed by atoms with van der Waals surface area (Å²) in [6.45, 7) is 6.35. The normalized spacial score (nSPS) is 14.4. The number of aromatic nitrogens is 6. The Morgan fingerprint density at radius 2 is 1.79 bits per heavy atom. The summed E-state index contributed by atoms with van der Waals surface area (Å²) in [6, 6.07) is 8.78. The van der Waals surface area contributed by atoms with Gasteiger partial charge >= 0.3 is 0 Å². The second kappa shape index (κ2) is 8.44. The molecule has 34 heavy (non-hydrogen) atoms. The van der Waals surface area contributed by atoms with E-state index in [1.54, 1.807) is 0 Å². The summed E-state index contributed by atoms with van der Waals surface area (Å²) >= 11 is 0. The molecule has 0 aromatic carbocycles. The minimum absolute atomic E-state index is 0.337. The van der Waals surface area contributed by atoms with Gasteiger partial charge in [0.25, 0.3) is 0 Å². The predicted octanol–water partition coefficient (Wildman–Crippen LogP) is 5.37. The molecule has 1 fully saturated rings. The summed E-state index contributed by atoms with van der Waals surface area (Å²) in [6.07, 6.45) is 11.2. The first-order valence-corrected chi connectivity index (χ1v) is 11.9. The molecule has 1 aliphatic rings. The van der Waals surface area contributed by atoms with Gasteiger partial charge < -0.3 is 15.2 Å². The maximum Gasteiger partial charge on any atom is 0.155 e. The van der Waals surface area contributed by atoms with Crippen molar-refractivity contribution in [3.63, 3.8) is 0 Å². The van der Waals surface area contributed by atoms with Crippen LogP contribution in [0.15, 0.2) is 49.1 Å². The van der Waals surface area contributed by atoms with E-state index in [0.717, 1.165) is 69.0 Å². The van der Waals surface area contributed by atoms with E-state index in [2.05, 4.69) is 67.4 Å². The fourth-order valence-electron chi connectivity index (χ4n) is 4.80. The van der Waals surface area contributed by atoms with Crippen LogP contribution in [0.5, 0.6) is 0 Å². The molecule has 5 aromatic rings. The third-order valence-corrected chi connectivity index (χ3v) is 6.38. The van der Waals surface area contributed by atoms with E-state index in [1.165, 1.54) is 19.3 Å². The summed E-state index contributed by atoms with van der Waals surface area (Å²) < 4.78 is 0. The van der Waals surface area contributed by atoms with Gasteiger partial charge in [-0.3, -0.25) is 10.1 Å². The third-order valence-electron chi connectivity index (χ3n) is 6.38. The Morgan fingerprint density at radius 1 is 0.941 bits per heavy atom. The zero-order valence-electron chi connectivity index (χ0n) is 19.5. The topological polar surface area (TPSA) is 98.4 Å². The van der Waals surface area contributed by atoms with E-state index in [-0.39, 0.29) is 0 Å². The smallest absolute Gasteiger partial charge is 0.155 e. The van der Waals surface area contributed by atoms with Crippen molar-refractivity contribution >= 4 is 33.4 Å². The summed E-state index contributed by atoms with van der Waals surface area (Å²) in [5, 5.41) is 13.2. The highest BCUT2D eigenvalue weighted by Gasteiger charge is 2.19. The van der Waals surface area contributed by atoms with Gasteiger partial charge in [-0.2, -0.15) is 5.10 Å². The summed E-state index contributed by atoms with van der Waals surface area (Å²) in [5.74, 6) is 1.05. The van der Waals surface area contributed by atoms with Crippen LogP contribution in [0, 0.1) is 0 Å². The highest BCUT2D eigenvalue weighted by Crippen LogP contribution is 2.34. The van der Waals surface area contributed by atoms with Crippen LogP contribution >= 0.6 is 0 Å². The van der Waals surface area contributed by atoms with Crippen LogP contribution in [-0.4, -0.2) is 49.3 Å². The van der Waals surface area contributed by atoms with Crippen LogP contribution in [0.3, 0.4) is 0 Å². The number of anilines is 2. The van der Waals surface area contributed by atoms with E-state index in [4.69, 9.17) is 4.98 Å².